The first kappa shape index (κ1) is 9.45. The number of likely N-dealkylation sites (tertiary alicyclic amines) is 1. The molecule has 1 aromatic heterocycles. The van der Waals surface area contributed by atoms with Crippen LogP contribution in [0, 0.1) is 0 Å². The Hall–Kier alpha value is -1.10. The molecule has 5 heteroatoms. The number of hydrogen-bond donors (Lipinski definition) is 1. The van der Waals surface area contributed by atoms with E-state index in [1.54, 1.807) is 6.33 Å². The molecule has 14 heavy (non-hydrogen) atoms. The fourth-order valence-electron chi connectivity index (χ4n) is 1.96. The van der Waals surface area contributed by atoms with Crippen LogP contribution in [0.1, 0.15) is 25.8 Å². The van der Waals surface area contributed by atoms with Crippen LogP contribution in [-0.2, 0) is 0 Å². The summed E-state index contributed by atoms with van der Waals surface area (Å²) in [5.74, 6) is 0.378. The van der Waals surface area contributed by atoms with E-state index in [4.69, 9.17) is 5.73 Å². The molecule has 1 saturated heterocycles. The Bertz CT molecular complexity index is 287. The summed E-state index contributed by atoms with van der Waals surface area (Å²) in [6.45, 7) is 5.65. The summed E-state index contributed by atoms with van der Waals surface area (Å²) >= 11 is 0. The normalized spacial score (nSPS) is 20.1. The SMILES string of the molecule is CCN1CCC(n2cnc(N)n2)CC1. The van der Waals surface area contributed by atoms with Gasteiger partial charge < -0.3 is 10.6 Å². The van der Waals surface area contributed by atoms with E-state index in [1.807, 2.05) is 4.68 Å². The summed E-state index contributed by atoms with van der Waals surface area (Å²) in [4.78, 5) is 6.40. The first-order valence-electron chi connectivity index (χ1n) is 5.18. The van der Waals surface area contributed by atoms with Crippen LogP contribution in [0.5, 0.6) is 0 Å². The molecule has 0 spiro atoms. The Kier molecular flexibility index (Phi) is 2.67. The van der Waals surface area contributed by atoms with Crippen LogP contribution in [0.15, 0.2) is 6.33 Å². The van der Waals surface area contributed by atoms with Gasteiger partial charge in [-0.15, -0.1) is 5.10 Å². The number of hydrogen-bond acceptors (Lipinski definition) is 4. The van der Waals surface area contributed by atoms with Crippen molar-refractivity contribution in [3.05, 3.63) is 6.33 Å². The van der Waals surface area contributed by atoms with Crippen LogP contribution in [0.25, 0.3) is 0 Å². The minimum Gasteiger partial charge on any atom is -0.367 e. The van der Waals surface area contributed by atoms with Crippen molar-refractivity contribution in [3.8, 4) is 0 Å². The van der Waals surface area contributed by atoms with E-state index in [1.165, 1.54) is 0 Å². The van der Waals surface area contributed by atoms with Crippen LogP contribution >= 0.6 is 0 Å². The Morgan fingerprint density at radius 3 is 2.71 bits per heavy atom. The third-order valence-corrected chi connectivity index (χ3v) is 2.90. The van der Waals surface area contributed by atoms with Gasteiger partial charge in [0.05, 0.1) is 6.04 Å². The summed E-state index contributed by atoms with van der Waals surface area (Å²) in [5, 5.41) is 4.15. The van der Waals surface area contributed by atoms with E-state index in [0.29, 0.717) is 12.0 Å². The summed E-state index contributed by atoms with van der Waals surface area (Å²) in [5.41, 5.74) is 5.49. The molecule has 2 N–H and O–H groups in total. The lowest BCUT2D eigenvalue weighted by atomic mass is 10.1. The molecule has 0 atom stereocenters. The van der Waals surface area contributed by atoms with Crippen LogP contribution in [-0.4, -0.2) is 39.3 Å². The molecule has 78 valence electrons. The molecular formula is C9H17N5. The number of anilines is 1. The van der Waals surface area contributed by atoms with Gasteiger partial charge in [0.2, 0.25) is 5.95 Å². The van der Waals surface area contributed by atoms with Crippen molar-refractivity contribution in [2.75, 3.05) is 25.4 Å². The standard InChI is InChI=1S/C9H17N5/c1-2-13-5-3-8(4-6-13)14-7-11-9(10)12-14/h7-8H,2-6H2,1H3,(H2,10,12). The molecule has 0 radical (unpaired) electrons. The first-order valence-corrected chi connectivity index (χ1v) is 5.18. The van der Waals surface area contributed by atoms with Crippen molar-refractivity contribution in [2.24, 2.45) is 0 Å². The van der Waals surface area contributed by atoms with Gasteiger partial charge in [0, 0.05) is 13.1 Å². The van der Waals surface area contributed by atoms with Crippen LogP contribution in [0.2, 0.25) is 0 Å². The second-order valence-electron chi connectivity index (χ2n) is 3.75. The molecule has 0 amide bonds. The molecule has 5 nitrogen and oxygen atoms in total. The highest BCUT2D eigenvalue weighted by atomic mass is 15.4. The summed E-state index contributed by atoms with van der Waals surface area (Å²) in [6, 6.07) is 0.489. The third-order valence-electron chi connectivity index (χ3n) is 2.90. The topological polar surface area (TPSA) is 60.0 Å². The van der Waals surface area contributed by atoms with E-state index in [0.717, 1.165) is 32.5 Å². The monoisotopic (exact) mass is 195 g/mol. The maximum absolute atomic E-state index is 5.49. The zero-order valence-corrected chi connectivity index (χ0v) is 8.56. The third kappa shape index (κ3) is 1.87. The molecule has 0 unspecified atom stereocenters. The minimum absolute atomic E-state index is 0.378. The highest BCUT2D eigenvalue weighted by molar-refractivity contribution is 5.09. The summed E-state index contributed by atoms with van der Waals surface area (Å²) in [6.07, 6.45) is 4.04. The Morgan fingerprint density at radius 2 is 2.21 bits per heavy atom. The van der Waals surface area contributed by atoms with Gasteiger partial charge >= 0.3 is 0 Å². The molecular weight excluding hydrogens is 178 g/mol. The zero-order chi connectivity index (χ0) is 9.97. The predicted octanol–water partition coefficient (Wildman–Crippen LogP) is 0.517. The number of nitrogens with two attached hydrogens (primary N) is 1. The van der Waals surface area contributed by atoms with E-state index >= 15 is 0 Å². The first-order chi connectivity index (χ1) is 6.79. The molecule has 2 rings (SSSR count). The molecule has 0 bridgehead atoms. The zero-order valence-electron chi connectivity index (χ0n) is 8.56. The predicted molar refractivity (Wildman–Crippen MR) is 54.8 cm³/mol. The molecule has 1 aliphatic heterocycles. The quantitative estimate of drug-likeness (QED) is 0.747. The number of rotatable bonds is 2. The number of nitrogens with zero attached hydrogens (tertiary/aromatic N) is 4. The molecule has 2 heterocycles. The van der Waals surface area contributed by atoms with Crippen LogP contribution < -0.4 is 5.73 Å². The minimum atomic E-state index is 0.378. The lowest BCUT2D eigenvalue weighted by Gasteiger charge is -2.30. The van der Waals surface area contributed by atoms with Gasteiger partial charge in [-0.1, -0.05) is 6.92 Å². The number of nitrogen functional groups attached to an aromatic ring is 1. The highest BCUT2D eigenvalue weighted by Gasteiger charge is 2.19. The molecule has 1 aromatic rings. The van der Waals surface area contributed by atoms with Gasteiger partial charge in [-0.3, -0.25) is 0 Å². The van der Waals surface area contributed by atoms with Crippen LogP contribution in [0.3, 0.4) is 0 Å². The van der Waals surface area contributed by atoms with E-state index < -0.39 is 0 Å². The molecule has 1 aliphatic rings. The number of piperidine rings is 1. The van der Waals surface area contributed by atoms with Gasteiger partial charge in [-0.2, -0.15) is 0 Å². The van der Waals surface area contributed by atoms with Crippen LogP contribution in [0.4, 0.5) is 5.95 Å². The summed E-state index contributed by atoms with van der Waals surface area (Å²) < 4.78 is 1.91. The average Bonchev–Trinajstić information content (AvgIpc) is 2.65. The van der Waals surface area contributed by atoms with Crippen molar-refractivity contribution in [1.82, 2.24) is 19.7 Å². The van der Waals surface area contributed by atoms with Gasteiger partial charge in [-0.05, 0) is 19.4 Å². The maximum Gasteiger partial charge on any atom is 0.239 e. The van der Waals surface area contributed by atoms with Crippen molar-refractivity contribution in [2.45, 2.75) is 25.8 Å². The average molecular weight is 195 g/mol. The van der Waals surface area contributed by atoms with E-state index in [-0.39, 0.29) is 0 Å². The van der Waals surface area contributed by atoms with Gasteiger partial charge in [-0.25, -0.2) is 9.67 Å². The van der Waals surface area contributed by atoms with E-state index in [2.05, 4.69) is 21.9 Å². The van der Waals surface area contributed by atoms with Gasteiger partial charge in [0.1, 0.15) is 6.33 Å². The second-order valence-corrected chi connectivity index (χ2v) is 3.75. The summed E-state index contributed by atoms with van der Waals surface area (Å²) in [7, 11) is 0. The largest absolute Gasteiger partial charge is 0.367 e. The fraction of sp³-hybridized carbons (Fsp3) is 0.778. The second kappa shape index (κ2) is 3.96. The lowest BCUT2D eigenvalue weighted by molar-refractivity contribution is 0.187. The van der Waals surface area contributed by atoms with Crippen molar-refractivity contribution in [1.29, 1.82) is 0 Å². The Labute approximate surface area is 83.9 Å². The molecule has 1 fully saturated rings. The molecule has 0 saturated carbocycles. The van der Waals surface area contributed by atoms with Gasteiger partial charge in [0.15, 0.2) is 0 Å². The van der Waals surface area contributed by atoms with Crippen molar-refractivity contribution >= 4 is 5.95 Å². The van der Waals surface area contributed by atoms with Gasteiger partial charge in [0.25, 0.3) is 0 Å². The lowest BCUT2D eigenvalue weighted by Crippen LogP contribution is -2.34. The smallest absolute Gasteiger partial charge is 0.239 e. The van der Waals surface area contributed by atoms with E-state index in [9.17, 15) is 0 Å². The Morgan fingerprint density at radius 1 is 1.50 bits per heavy atom. The van der Waals surface area contributed by atoms with Crippen molar-refractivity contribution in [3.63, 3.8) is 0 Å². The van der Waals surface area contributed by atoms with Crippen molar-refractivity contribution < 1.29 is 0 Å². The fourth-order valence-corrected chi connectivity index (χ4v) is 1.96. The molecule has 0 aromatic carbocycles. The Balaban J connectivity index is 1.95. The number of aromatic nitrogens is 3. The molecule has 0 aliphatic carbocycles. The highest BCUT2D eigenvalue weighted by Crippen LogP contribution is 2.21. The maximum atomic E-state index is 5.49.